The standard InChI is InChI=1S/C20H24N4/c1-4-16(8-10-21-3)18-13-20(24-12-6-5-7-15(24)2)17-9-11-22-14-19(17)23-18/h4,8-11,13-15H,3,5-7,12H2,1-2H3/b10-8-,16-4+. The van der Waals surface area contributed by atoms with Gasteiger partial charge in [-0.1, -0.05) is 6.08 Å². The highest BCUT2D eigenvalue weighted by Gasteiger charge is 2.21. The van der Waals surface area contributed by atoms with Crippen molar-refractivity contribution in [2.45, 2.75) is 39.2 Å². The summed E-state index contributed by atoms with van der Waals surface area (Å²) < 4.78 is 0. The second-order valence-corrected chi connectivity index (χ2v) is 6.20. The Labute approximate surface area is 143 Å². The molecule has 24 heavy (non-hydrogen) atoms. The molecule has 3 rings (SSSR count). The molecule has 0 radical (unpaired) electrons. The number of pyridine rings is 2. The summed E-state index contributed by atoms with van der Waals surface area (Å²) in [7, 11) is 0. The lowest BCUT2D eigenvalue weighted by molar-refractivity contribution is 0.486. The predicted molar refractivity (Wildman–Crippen MR) is 103 cm³/mol. The molecule has 0 saturated carbocycles. The molecule has 3 heterocycles. The quantitative estimate of drug-likeness (QED) is 0.609. The van der Waals surface area contributed by atoms with Crippen molar-refractivity contribution in [2.75, 3.05) is 11.4 Å². The highest BCUT2D eigenvalue weighted by atomic mass is 15.2. The number of rotatable bonds is 4. The van der Waals surface area contributed by atoms with E-state index >= 15 is 0 Å². The van der Waals surface area contributed by atoms with E-state index < -0.39 is 0 Å². The number of anilines is 1. The zero-order valence-electron chi connectivity index (χ0n) is 14.4. The van der Waals surface area contributed by atoms with E-state index in [1.165, 1.54) is 30.3 Å². The van der Waals surface area contributed by atoms with Gasteiger partial charge in [0, 0.05) is 36.1 Å². The molecule has 4 nitrogen and oxygen atoms in total. The topological polar surface area (TPSA) is 41.4 Å². The molecule has 1 saturated heterocycles. The summed E-state index contributed by atoms with van der Waals surface area (Å²) in [6.07, 6.45) is 13.2. The van der Waals surface area contributed by atoms with Crippen molar-refractivity contribution >= 4 is 28.9 Å². The third kappa shape index (κ3) is 3.23. The molecule has 1 aliphatic heterocycles. The monoisotopic (exact) mass is 320 g/mol. The van der Waals surface area contributed by atoms with Gasteiger partial charge >= 0.3 is 0 Å². The number of piperidine rings is 1. The molecule has 1 atom stereocenters. The summed E-state index contributed by atoms with van der Waals surface area (Å²) in [5.41, 5.74) is 4.18. The first-order valence-corrected chi connectivity index (χ1v) is 8.55. The van der Waals surface area contributed by atoms with Crippen LogP contribution in [0.4, 0.5) is 5.69 Å². The Balaban J connectivity index is 2.16. The third-order valence-corrected chi connectivity index (χ3v) is 4.67. The number of hydrogen-bond donors (Lipinski definition) is 0. The Morgan fingerprint density at radius 1 is 1.42 bits per heavy atom. The molecular formula is C20H24N4. The maximum Gasteiger partial charge on any atom is 0.0913 e. The van der Waals surface area contributed by atoms with E-state index in [9.17, 15) is 0 Å². The van der Waals surface area contributed by atoms with Crippen molar-refractivity contribution in [3.8, 4) is 0 Å². The molecule has 1 fully saturated rings. The van der Waals surface area contributed by atoms with Gasteiger partial charge in [0.2, 0.25) is 0 Å². The molecule has 2 aromatic rings. The zero-order chi connectivity index (χ0) is 16.9. The number of aliphatic imine (C=N–C) groups is 1. The van der Waals surface area contributed by atoms with Crippen LogP contribution in [0.1, 0.15) is 38.8 Å². The highest BCUT2D eigenvalue weighted by Crippen LogP contribution is 2.33. The molecule has 0 aliphatic carbocycles. The molecule has 0 amide bonds. The van der Waals surface area contributed by atoms with Crippen molar-refractivity contribution < 1.29 is 0 Å². The van der Waals surface area contributed by atoms with Gasteiger partial charge in [-0.3, -0.25) is 9.98 Å². The van der Waals surface area contributed by atoms with Gasteiger partial charge in [0.05, 0.1) is 17.4 Å². The highest BCUT2D eigenvalue weighted by molar-refractivity contribution is 5.93. The summed E-state index contributed by atoms with van der Waals surface area (Å²) in [5, 5.41) is 1.17. The van der Waals surface area contributed by atoms with E-state index in [-0.39, 0.29) is 0 Å². The molecule has 0 aromatic carbocycles. The Hall–Kier alpha value is -2.49. The van der Waals surface area contributed by atoms with Gasteiger partial charge in [-0.15, -0.1) is 0 Å². The largest absolute Gasteiger partial charge is 0.368 e. The number of hydrogen-bond acceptors (Lipinski definition) is 4. The number of aromatic nitrogens is 2. The third-order valence-electron chi connectivity index (χ3n) is 4.67. The van der Waals surface area contributed by atoms with E-state index in [0.717, 1.165) is 23.3 Å². The van der Waals surface area contributed by atoms with Gasteiger partial charge in [0.1, 0.15) is 0 Å². The number of allylic oxidation sites excluding steroid dienone is 3. The summed E-state index contributed by atoms with van der Waals surface area (Å²) in [5.74, 6) is 0. The molecule has 2 aromatic heterocycles. The van der Waals surface area contributed by atoms with E-state index in [1.54, 1.807) is 6.20 Å². The Kier molecular flexibility index (Phi) is 5.04. The van der Waals surface area contributed by atoms with Gasteiger partial charge < -0.3 is 4.90 Å². The first kappa shape index (κ1) is 16.4. The van der Waals surface area contributed by atoms with Crippen molar-refractivity contribution in [1.29, 1.82) is 0 Å². The number of fused-ring (bicyclic) bond motifs is 1. The molecule has 0 spiro atoms. The lowest BCUT2D eigenvalue weighted by Gasteiger charge is -2.36. The minimum absolute atomic E-state index is 0.546. The number of nitrogens with zero attached hydrogens (tertiary/aromatic N) is 4. The minimum Gasteiger partial charge on any atom is -0.368 e. The van der Waals surface area contributed by atoms with Crippen LogP contribution in [0.3, 0.4) is 0 Å². The van der Waals surface area contributed by atoms with E-state index in [0.29, 0.717) is 6.04 Å². The SMILES string of the molecule is C=N/C=C\C(=C/C)c1cc(N2CCCCC2C)c2ccncc2n1. The van der Waals surface area contributed by atoms with Gasteiger partial charge in [-0.05, 0) is 63.6 Å². The minimum atomic E-state index is 0.546. The van der Waals surface area contributed by atoms with Gasteiger partial charge in [0.15, 0.2) is 0 Å². The predicted octanol–water partition coefficient (Wildman–Crippen LogP) is 4.63. The van der Waals surface area contributed by atoms with Crippen LogP contribution < -0.4 is 4.90 Å². The molecule has 0 N–H and O–H groups in total. The second-order valence-electron chi connectivity index (χ2n) is 6.20. The molecule has 1 unspecified atom stereocenters. The van der Waals surface area contributed by atoms with Crippen LogP contribution >= 0.6 is 0 Å². The van der Waals surface area contributed by atoms with Crippen LogP contribution in [0, 0.1) is 0 Å². The van der Waals surface area contributed by atoms with Crippen LogP contribution in [0.15, 0.2) is 47.9 Å². The summed E-state index contributed by atoms with van der Waals surface area (Å²) in [6, 6.07) is 4.82. The Bertz CT molecular complexity index is 791. The van der Waals surface area contributed by atoms with Crippen molar-refractivity contribution in [1.82, 2.24) is 9.97 Å². The molecular weight excluding hydrogens is 296 g/mol. The van der Waals surface area contributed by atoms with Gasteiger partial charge in [-0.2, -0.15) is 0 Å². The Morgan fingerprint density at radius 2 is 2.29 bits per heavy atom. The first-order chi connectivity index (χ1) is 11.7. The molecule has 0 bridgehead atoms. The van der Waals surface area contributed by atoms with Crippen LogP contribution in [0.5, 0.6) is 0 Å². The molecule has 124 valence electrons. The van der Waals surface area contributed by atoms with Crippen LogP contribution in [-0.4, -0.2) is 29.3 Å². The second kappa shape index (κ2) is 7.39. The Morgan fingerprint density at radius 3 is 3.04 bits per heavy atom. The summed E-state index contributed by atoms with van der Waals surface area (Å²) in [4.78, 5) is 15.4. The fraction of sp³-hybridized carbons (Fsp3) is 0.350. The summed E-state index contributed by atoms with van der Waals surface area (Å²) >= 11 is 0. The zero-order valence-corrected chi connectivity index (χ0v) is 14.4. The van der Waals surface area contributed by atoms with E-state index in [4.69, 9.17) is 4.98 Å². The smallest absolute Gasteiger partial charge is 0.0913 e. The molecule has 1 aliphatic rings. The normalized spacial score (nSPS) is 19.2. The lowest BCUT2D eigenvalue weighted by atomic mass is 10.0. The van der Waals surface area contributed by atoms with Gasteiger partial charge in [0.25, 0.3) is 0 Å². The van der Waals surface area contributed by atoms with E-state index in [1.807, 2.05) is 25.4 Å². The van der Waals surface area contributed by atoms with E-state index in [2.05, 4.69) is 46.7 Å². The maximum atomic E-state index is 4.81. The van der Waals surface area contributed by atoms with Crippen LogP contribution in [-0.2, 0) is 0 Å². The van der Waals surface area contributed by atoms with Crippen molar-refractivity contribution in [3.63, 3.8) is 0 Å². The maximum absolute atomic E-state index is 4.81. The van der Waals surface area contributed by atoms with Crippen molar-refractivity contribution in [3.05, 3.63) is 48.6 Å². The lowest BCUT2D eigenvalue weighted by Crippen LogP contribution is -2.37. The first-order valence-electron chi connectivity index (χ1n) is 8.55. The van der Waals surface area contributed by atoms with Crippen LogP contribution in [0.25, 0.3) is 16.5 Å². The van der Waals surface area contributed by atoms with Crippen molar-refractivity contribution in [2.24, 2.45) is 4.99 Å². The average Bonchev–Trinajstić information content (AvgIpc) is 2.62. The fourth-order valence-corrected chi connectivity index (χ4v) is 3.37. The summed E-state index contributed by atoms with van der Waals surface area (Å²) in [6.45, 7) is 8.93. The molecule has 4 heteroatoms. The average molecular weight is 320 g/mol. The fourth-order valence-electron chi connectivity index (χ4n) is 3.37. The van der Waals surface area contributed by atoms with Gasteiger partial charge in [-0.25, -0.2) is 4.98 Å². The van der Waals surface area contributed by atoms with Crippen LogP contribution in [0.2, 0.25) is 0 Å².